The smallest absolute Gasteiger partial charge is 0.0974 e. The zero-order chi connectivity index (χ0) is 11.1. The summed E-state index contributed by atoms with van der Waals surface area (Å²) in [6.45, 7) is 8.67. The van der Waals surface area contributed by atoms with Crippen LogP contribution in [0.3, 0.4) is 0 Å². The Hall–Kier alpha value is -1.02. The van der Waals surface area contributed by atoms with Crippen molar-refractivity contribution in [3.63, 3.8) is 0 Å². The zero-order valence-electron chi connectivity index (χ0n) is 9.92. The van der Waals surface area contributed by atoms with Crippen LogP contribution in [0.5, 0.6) is 0 Å². The second kappa shape index (κ2) is 6.46. The van der Waals surface area contributed by atoms with Gasteiger partial charge in [-0.05, 0) is 24.9 Å². The first kappa shape index (κ1) is 12.1. The van der Waals surface area contributed by atoms with Crippen LogP contribution in [-0.2, 0) is 0 Å². The van der Waals surface area contributed by atoms with E-state index in [2.05, 4.69) is 32.2 Å². The topological polar surface area (TPSA) is 25.2 Å². The largest absolute Gasteiger partial charge is 0.472 e. The van der Waals surface area contributed by atoms with Gasteiger partial charge < -0.3 is 9.73 Å². The van der Waals surface area contributed by atoms with E-state index in [9.17, 15) is 0 Å². The van der Waals surface area contributed by atoms with E-state index in [1.807, 2.05) is 6.07 Å². The molecule has 1 aromatic rings. The first-order valence-electron chi connectivity index (χ1n) is 5.67. The Morgan fingerprint density at radius 1 is 1.53 bits per heavy atom. The van der Waals surface area contributed by atoms with Gasteiger partial charge in [-0.2, -0.15) is 0 Å². The van der Waals surface area contributed by atoms with E-state index in [0.29, 0.717) is 5.92 Å². The van der Waals surface area contributed by atoms with Crippen molar-refractivity contribution >= 4 is 6.08 Å². The Morgan fingerprint density at radius 2 is 2.33 bits per heavy atom. The first-order chi connectivity index (χ1) is 7.24. The van der Waals surface area contributed by atoms with Crippen molar-refractivity contribution < 1.29 is 4.42 Å². The predicted molar refractivity (Wildman–Crippen MR) is 64.7 cm³/mol. The highest BCUT2D eigenvalue weighted by atomic mass is 16.3. The summed E-state index contributed by atoms with van der Waals surface area (Å²) < 4.78 is 5.06. The van der Waals surface area contributed by atoms with Gasteiger partial charge in [-0.1, -0.05) is 32.4 Å². The van der Waals surface area contributed by atoms with E-state index in [0.717, 1.165) is 18.7 Å². The summed E-state index contributed by atoms with van der Waals surface area (Å²) in [5.41, 5.74) is 2.57. The van der Waals surface area contributed by atoms with E-state index in [1.54, 1.807) is 12.5 Å². The molecule has 0 aliphatic rings. The van der Waals surface area contributed by atoms with Crippen LogP contribution in [-0.4, -0.2) is 13.1 Å². The molecule has 1 rings (SSSR count). The summed E-state index contributed by atoms with van der Waals surface area (Å²) in [6, 6.07) is 1.99. The van der Waals surface area contributed by atoms with Crippen LogP contribution in [0.1, 0.15) is 32.8 Å². The van der Waals surface area contributed by atoms with Crippen molar-refractivity contribution in [3.05, 3.63) is 29.7 Å². The fraction of sp³-hybridized carbons (Fsp3) is 0.538. The molecule has 0 saturated heterocycles. The van der Waals surface area contributed by atoms with Gasteiger partial charge in [0, 0.05) is 12.1 Å². The van der Waals surface area contributed by atoms with Crippen LogP contribution in [0.2, 0.25) is 0 Å². The Bertz CT molecular complexity index is 285. The van der Waals surface area contributed by atoms with Gasteiger partial charge in [-0.25, -0.2) is 0 Å². The maximum Gasteiger partial charge on any atom is 0.0974 e. The van der Waals surface area contributed by atoms with Crippen LogP contribution >= 0.6 is 0 Å². The zero-order valence-corrected chi connectivity index (χ0v) is 9.92. The normalized spacial score (nSPS) is 12.4. The van der Waals surface area contributed by atoms with E-state index >= 15 is 0 Å². The van der Waals surface area contributed by atoms with Crippen molar-refractivity contribution in [2.75, 3.05) is 13.1 Å². The summed E-state index contributed by atoms with van der Waals surface area (Å²) in [4.78, 5) is 0. The molecule has 0 bridgehead atoms. The van der Waals surface area contributed by atoms with Gasteiger partial charge in [-0.15, -0.1) is 0 Å². The highest BCUT2D eigenvalue weighted by molar-refractivity contribution is 5.52. The molecule has 2 heteroatoms. The lowest BCUT2D eigenvalue weighted by Gasteiger charge is -2.11. The maximum atomic E-state index is 5.06. The van der Waals surface area contributed by atoms with Gasteiger partial charge in [0.15, 0.2) is 0 Å². The third-order valence-electron chi connectivity index (χ3n) is 2.39. The molecule has 2 nitrogen and oxygen atoms in total. The van der Waals surface area contributed by atoms with E-state index in [-0.39, 0.29) is 0 Å². The van der Waals surface area contributed by atoms with Gasteiger partial charge >= 0.3 is 0 Å². The molecule has 1 heterocycles. The average molecular weight is 207 g/mol. The van der Waals surface area contributed by atoms with Gasteiger partial charge in [0.05, 0.1) is 12.5 Å². The molecule has 0 aliphatic carbocycles. The molecule has 1 N–H and O–H groups in total. The SMILES string of the molecule is CCCNCC(=Cc1ccoc1)C(C)C. The second-order valence-corrected chi connectivity index (χ2v) is 4.11. The highest BCUT2D eigenvalue weighted by Gasteiger charge is 2.03. The quantitative estimate of drug-likeness (QED) is 0.724. The minimum absolute atomic E-state index is 0.573. The van der Waals surface area contributed by atoms with Crippen molar-refractivity contribution in [1.82, 2.24) is 5.32 Å². The van der Waals surface area contributed by atoms with Crippen LogP contribution in [0.4, 0.5) is 0 Å². The minimum atomic E-state index is 0.573. The molecule has 1 aromatic heterocycles. The van der Waals surface area contributed by atoms with Crippen LogP contribution in [0.15, 0.2) is 28.6 Å². The van der Waals surface area contributed by atoms with E-state index in [1.165, 1.54) is 12.0 Å². The third kappa shape index (κ3) is 4.34. The van der Waals surface area contributed by atoms with Crippen molar-refractivity contribution in [2.24, 2.45) is 5.92 Å². The lowest BCUT2D eigenvalue weighted by Crippen LogP contribution is -2.19. The number of rotatable bonds is 6. The van der Waals surface area contributed by atoms with E-state index in [4.69, 9.17) is 4.42 Å². The molecule has 15 heavy (non-hydrogen) atoms. The summed E-state index contributed by atoms with van der Waals surface area (Å²) in [6.07, 6.45) is 6.87. The summed E-state index contributed by atoms with van der Waals surface area (Å²) in [5, 5.41) is 3.43. The highest BCUT2D eigenvalue weighted by Crippen LogP contribution is 2.14. The maximum absolute atomic E-state index is 5.06. The van der Waals surface area contributed by atoms with Crippen LogP contribution < -0.4 is 5.32 Å². The van der Waals surface area contributed by atoms with Crippen molar-refractivity contribution in [2.45, 2.75) is 27.2 Å². The molecular formula is C13H21NO. The standard InChI is InChI=1S/C13H21NO/c1-4-6-14-9-13(11(2)3)8-12-5-7-15-10-12/h5,7-8,10-11,14H,4,6,9H2,1-3H3. The van der Waals surface area contributed by atoms with Crippen molar-refractivity contribution in [1.29, 1.82) is 0 Å². The fourth-order valence-corrected chi connectivity index (χ4v) is 1.40. The molecule has 0 aliphatic heterocycles. The monoisotopic (exact) mass is 207 g/mol. The van der Waals surface area contributed by atoms with Crippen LogP contribution in [0, 0.1) is 5.92 Å². The van der Waals surface area contributed by atoms with E-state index < -0.39 is 0 Å². The van der Waals surface area contributed by atoms with Gasteiger partial charge in [-0.3, -0.25) is 0 Å². The number of hydrogen-bond acceptors (Lipinski definition) is 2. The van der Waals surface area contributed by atoms with Gasteiger partial charge in [0.2, 0.25) is 0 Å². The Kier molecular flexibility index (Phi) is 5.19. The number of nitrogens with one attached hydrogen (secondary N) is 1. The molecule has 0 radical (unpaired) electrons. The Balaban J connectivity index is 2.57. The molecule has 0 fully saturated rings. The third-order valence-corrected chi connectivity index (χ3v) is 2.39. The summed E-state index contributed by atoms with van der Waals surface area (Å²) in [7, 11) is 0. The molecular weight excluding hydrogens is 186 g/mol. The summed E-state index contributed by atoms with van der Waals surface area (Å²) >= 11 is 0. The Labute approximate surface area is 92.4 Å². The molecule has 0 aromatic carbocycles. The van der Waals surface area contributed by atoms with Gasteiger partial charge in [0.1, 0.15) is 0 Å². The molecule has 0 spiro atoms. The average Bonchev–Trinajstić information content (AvgIpc) is 2.69. The molecule has 0 unspecified atom stereocenters. The molecule has 0 atom stereocenters. The Morgan fingerprint density at radius 3 is 2.87 bits per heavy atom. The second-order valence-electron chi connectivity index (χ2n) is 4.11. The minimum Gasteiger partial charge on any atom is -0.472 e. The predicted octanol–water partition coefficient (Wildman–Crippen LogP) is 3.32. The van der Waals surface area contributed by atoms with Gasteiger partial charge in [0.25, 0.3) is 0 Å². The first-order valence-corrected chi connectivity index (χ1v) is 5.67. The molecule has 0 amide bonds. The molecule has 84 valence electrons. The number of hydrogen-bond donors (Lipinski definition) is 1. The molecule has 0 saturated carbocycles. The van der Waals surface area contributed by atoms with Crippen molar-refractivity contribution in [3.8, 4) is 0 Å². The lowest BCUT2D eigenvalue weighted by atomic mass is 10.0. The number of furan rings is 1. The lowest BCUT2D eigenvalue weighted by molar-refractivity contribution is 0.566. The fourth-order valence-electron chi connectivity index (χ4n) is 1.40. The summed E-state index contributed by atoms with van der Waals surface area (Å²) in [5.74, 6) is 0.573. The van der Waals surface area contributed by atoms with Crippen LogP contribution in [0.25, 0.3) is 6.08 Å².